The smallest absolute Gasteiger partial charge is 0.269 e. The summed E-state index contributed by atoms with van der Waals surface area (Å²) in [6.45, 7) is 4.69. The summed E-state index contributed by atoms with van der Waals surface area (Å²) >= 11 is 0. The average Bonchev–Trinajstić information content (AvgIpc) is 2.86. The number of hydrogen-bond acceptors (Lipinski definition) is 4. The van der Waals surface area contributed by atoms with Crippen molar-refractivity contribution in [2.24, 2.45) is 0 Å². The zero-order valence-corrected chi connectivity index (χ0v) is 19.4. The number of ether oxygens (including phenoxy) is 1. The highest BCUT2D eigenvalue weighted by Crippen LogP contribution is 2.14. The predicted octanol–water partition coefficient (Wildman–Crippen LogP) is 4.89. The van der Waals surface area contributed by atoms with Crippen LogP contribution >= 0.6 is 0 Å². The van der Waals surface area contributed by atoms with Crippen LogP contribution in [0, 0.1) is 6.92 Å². The van der Waals surface area contributed by atoms with E-state index in [0.29, 0.717) is 34.7 Å². The molecule has 3 aromatic rings. The van der Waals surface area contributed by atoms with Crippen molar-refractivity contribution in [1.82, 2.24) is 10.9 Å². The lowest BCUT2D eigenvalue weighted by molar-refractivity contribution is 0.0846. The van der Waals surface area contributed by atoms with Crippen LogP contribution in [0.5, 0.6) is 5.75 Å². The second kappa shape index (κ2) is 12.2. The number of benzene rings is 3. The first-order chi connectivity index (χ1) is 16.5. The van der Waals surface area contributed by atoms with Gasteiger partial charge in [-0.3, -0.25) is 25.2 Å². The van der Waals surface area contributed by atoms with Crippen molar-refractivity contribution >= 4 is 23.4 Å². The van der Waals surface area contributed by atoms with Gasteiger partial charge in [-0.1, -0.05) is 37.5 Å². The van der Waals surface area contributed by atoms with Gasteiger partial charge in [0.15, 0.2) is 0 Å². The second-order valence-corrected chi connectivity index (χ2v) is 7.89. The van der Waals surface area contributed by atoms with Gasteiger partial charge in [0.05, 0.1) is 6.61 Å². The third-order valence-corrected chi connectivity index (χ3v) is 5.11. The monoisotopic (exact) mass is 459 g/mol. The number of amides is 3. The Kier molecular flexibility index (Phi) is 8.80. The van der Waals surface area contributed by atoms with Crippen molar-refractivity contribution in [2.45, 2.75) is 33.1 Å². The molecule has 0 radical (unpaired) electrons. The van der Waals surface area contributed by atoms with Gasteiger partial charge in [-0.05, 0) is 74.0 Å². The lowest BCUT2D eigenvalue weighted by Crippen LogP contribution is -2.41. The van der Waals surface area contributed by atoms with Gasteiger partial charge in [0.1, 0.15) is 5.75 Å². The highest BCUT2D eigenvalue weighted by Gasteiger charge is 2.11. The van der Waals surface area contributed by atoms with Crippen LogP contribution in [0.2, 0.25) is 0 Å². The summed E-state index contributed by atoms with van der Waals surface area (Å²) in [5, 5.41) is 2.80. The maximum atomic E-state index is 12.4. The van der Waals surface area contributed by atoms with Gasteiger partial charge in [-0.2, -0.15) is 0 Å². The minimum Gasteiger partial charge on any atom is -0.494 e. The van der Waals surface area contributed by atoms with E-state index < -0.39 is 11.8 Å². The van der Waals surface area contributed by atoms with E-state index in [1.807, 2.05) is 19.1 Å². The molecular weight excluding hydrogens is 430 g/mol. The fourth-order valence-electron chi connectivity index (χ4n) is 3.20. The lowest BCUT2D eigenvalue weighted by atomic mass is 10.1. The molecule has 0 saturated heterocycles. The first-order valence-corrected chi connectivity index (χ1v) is 11.3. The van der Waals surface area contributed by atoms with Gasteiger partial charge in [0.2, 0.25) is 0 Å². The third kappa shape index (κ3) is 7.20. The highest BCUT2D eigenvalue weighted by atomic mass is 16.5. The van der Waals surface area contributed by atoms with Gasteiger partial charge in [0, 0.05) is 22.4 Å². The molecule has 0 aliphatic heterocycles. The summed E-state index contributed by atoms with van der Waals surface area (Å²) in [7, 11) is 0. The molecule has 0 aromatic heterocycles. The maximum absolute atomic E-state index is 12.4. The number of aryl methyl sites for hydroxylation is 1. The fourth-order valence-corrected chi connectivity index (χ4v) is 3.20. The van der Waals surface area contributed by atoms with E-state index in [2.05, 4.69) is 23.1 Å². The quantitative estimate of drug-likeness (QED) is 0.313. The van der Waals surface area contributed by atoms with Crippen molar-refractivity contribution in [3.8, 4) is 5.75 Å². The number of carbonyl (C=O) groups excluding carboxylic acids is 3. The fraction of sp³-hybridized carbons (Fsp3) is 0.222. The molecule has 3 amide bonds. The van der Waals surface area contributed by atoms with Crippen LogP contribution in [0.4, 0.5) is 5.69 Å². The molecule has 0 fully saturated rings. The van der Waals surface area contributed by atoms with E-state index in [-0.39, 0.29) is 5.91 Å². The molecule has 7 nitrogen and oxygen atoms in total. The molecule has 0 aliphatic carbocycles. The van der Waals surface area contributed by atoms with Gasteiger partial charge >= 0.3 is 0 Å². The zero-order valence-electron chi connectivity index (χ0n) is 19.4. The van der Waals surface area contributed by atoms with Crippen LogP contribution in [-0.2, 0) is 0 Å². The van der Waals surface area contributed by atoms with Crippen LogP contribution in [0.15, 0.2) is 72.8 Å². The van der Waals surface area contributed by atoms with E-state index in [1.165, 1.54) is 0 Å². The van der Waals surface area contributed by atoms with E-state index in [9.17, 15) is 14.4 Å². The molecule has 3 aromatic carbocycles. The summed E-state index contributed by atoms with van der Waals surface area (Å²) in [4.78, 5) is 37.0. The van der Waals surface area contributed by atoms with Gasteiger partial charge < -0.3 is 10.1 Å². The van der Waals surface area contributed by atoms with E-state index in [4.69, 9.17) is 4.74 Å². The Balaban J connectivity index is 1.48. The first-order valence-electron chi connectivity index (χ1n) is 11.3. The Hall–Kier alpha value is -4.13. The Morgan fingerprint density at radius 1 is 0.735 bits per heavy atom. The Labute approximate surface area is 199 Å². The van der Waals surface area contributed by atoms with Crippen molar-refractivity contribution < 1.29 is 19.1 Å². The lowest BCUT2D eigenvalue weighted by Gasteiger charge is -2.10. The molecule has 7 heteroatoms. The van der Waals surface area contributed by atoms with Gasteiger partial charge in [-0.25, -0.2) is 0 Å². The summed E-state index contributed by atoms with van der Waals surface area (Å²) in [5.74, 6) is -0.439. The molecule has 176 valence electrons. The number of unbranched alkanes of at least 4 members (excludes halogenated alkanes) is 2. The zero-order chi connectivity index (χ0) is 24.3. The molecule has 0 saturated carbocycles. The minimum absolute atomic E-state index is 0.231. The molecule has 0 atom stereocenters. The number of rotatable bonds is 9. The molecule has 34 heavy (non-hydrogen) atoms. The number of anilines is 1. The SMILES string of the molecule is CCCCCOc1ccc(C(=O)NNC(=O)c2ccc(NC(=O)c3cccc(C)c3)cc2)cc1. The van der Waals surface area contributed by atoms with Crippen LogP contribution in [0.25, 0.3) is 0 Å². The van der Waals surface area contributed by atoms with Crippen LogP contribution in [0.1, 0.15) is 62.8 Å². The minimum atomic E-state index is -0.471. The summed E-state index contributed by atoms with van der Waals surface area (Å²) in [6.07, 6.45) is 3.23. The standard InChI is InChI=1S/C27H29N3O4/c1-3-4-5-17-34-24-15-11-21(12-16-24)27(33)30-29-26(32)20-9-13-23(14-10-20)28-25(31)22-8-6-7-19(2)18-22/h6-16,18H,3-5,17H2,1-2H3,(H,28,31)(H,29,32)(H,30,33). The molecular formula is C27H29N3O4. The molecule has 0 spiro atoms. The first kappa shape index (κ1) is 24.5. The summed E-state index contributed by atoms with van der Waals surface area (Å²) in [5.41, 5.74) is 7.64. The Morgan fingerprint density at radius 2 is 1.35 bits per heavy atom. The third-order valence-electron chi connectivity index (χ3n) is 5.11. The van der Waals surface area contributed by atoms with Crippen molar-refractivity contribution in [3.05, 3.63) is 95.1 Å². The molecule has 3 rings (SSSR count). The number of nitrogens with one attached hydrogen (secondary N) is 3. The normalized spacial score (nSPS) is 10.3. The highest BCUT2D eigenvalue weighted by molar-refractivity contribution is 6.05. The molecule has 0 heterocycles. The number of hydrogen-bond donors (Lipinski definition) is 3. The van der Waals surface area contributed by atoms with Gasteiger partial charge in [-0.15, -0.1) is 0 Å². The van der Waals surface area contributed by atoms with E-state index >= 15 is 0 Å². The topological polar surface area (TPSA) is 96.5 Å². The van der Waals surface area contributed by atoms with Gasteiger partial charge in [0.25, 0.3) is 17.7 Å². The summed E-state index contributed by atoms with van der Waals surface area (Å²) in [6, 6.07) is 20.4. The Morgan fingerprint density at radius 3 is 1.94 bits per heavy atom. The van der Waals surface area contributed by atoms with E-state index in [0.717, 1.165) is 24.8 Å². The van der Waals surface area contributed by atoms with Crippen LogP contribution in [-0.4, -0.2) is 24.3 Å². The molecule has 3 N–H and O–H groups in total. The van der Waals surface area contributed by atoms with Crippen molar-refractivity contribution in [2.75, 3.05) is 11.9 Å². The molecule has 0 bridgehead atoms. The van der Waals surface area contributed by atoms with Crippen molar-refractivity contribution in [3.63, 3.8) is 0 Å². The predicted molar refractivity (Wildman–Crippen MR) is 132 cm³/mol. The molecule has 0 aliphatic rings. The number of hydrazine groups is 1. The van der Waals surface area contributed by atoms with E-state index in [1.54, 1.807) is 60.7 Å². The van der Waals surface area contributed by atoms with Crippen LogP contribution < -0.4 is 20.9 Å². The Bertz CT molecular complexity index is 1130. The second-order valence-electron chi connectivity index (χ2n) is 7.89. The summed E-state index contributed by atoms with van der Waals surface area (Å²) < 4.78 is 5.64. The average molecular weight is 460 g/mol. The maximum Gasteiger partial charge on any atom is 0.269 e. The van der Waals surface area contributed by atoms with Crippen molar-refractivity contribution in [1.29, 1.82) is 0 Å². The van der Waals surface area contributed by atoms with Crippen LogP contribution in [0.3, 0.4) is 0 Å². The molecule has 0 unspecified atom stereocenters. The number of carbonyl (C=O) groups is 3. The largest absolute Gasteiger partial charge is 0.494 e.